The number of nitrogens with one attached hydrogen (secondary N) is 2. The van der Waals surface area contributed by atoms with E-state index in [1.807, 2.05) is 0 Å². The first kappa shape index (κ1) is 13.8. The fourth-order valence-corrected chi connectivity index (χ4v) is 2.10. The topological polar surface area (TPSA) is 50.4 Å². The zero-order chi connectivity index (χ0) is 13.7. The number of hydrogen-bond acceptors (Lipinski definition) is 3. The zero-order valence-electron chi connectivity index (χ0n) is 11.0. The molecular weight excluding hydrogens is 247 g/mol. The van der Waals surface area contributed by atoms with E-state index in [-0.39, 0.29) is 11.7 Å². The number of carbonyl (C=O) groups is 1. The lowest BCUT2D eigenvalue weighted by Gasteiger charge is -2.16. The monoisotopic (exact) mass is 266 g/mol. The van der Waals surface area contributed by atoms with Gasteiger partial charge in [0.25, 0.3) is 5.91 Å². The molecule has 2 unspecified atom stereocenters. The van der Waals surface area contributed by atoms with Gasteiger partial charge in [0.1, 0.15) is 11.6 Å². The molecule has 1 saturated heterocycles. The van der Waals surface area contributed by atoms with Gasteiger partial charge in [-0.05, 0) is 38.4 Å². The van der Waals surface area contributed by atoms with Crippen LogP contribution in [0.25, 0.3) is 0 Å². The normalized spacial score (nSPS) is 20.0. The first-order valence-electron chi connectivity index (χ1n) is 6.58. The second kappa shape index (κ2) is 6.52. The Morgan fingerprint density at radius 2 is 2.47 bits per heavy atom. The molecule has 1 amide bonds. The predicted octanol–water partition coefficient (Wildman–Crippen LogP) is 1.46. The van der Waals surface area contributed by atoms with Gasteiger partial charge in [0, 0.05) is 18.7 Å². The highest BCUT2D eigenvalue weighted by molar-refractivity contribution is 5.80. The summed E-state index contributed by atoms with van der Waals surface area (Å²) in [6.45, 7) is 3.27. The van der Waals surface area contributed by atoms with Crippen LogP contribution in [0.5, 0.6) is 5.75 Å². The summed E-state index contributed by atoms with van der Waals surface area (Å²) in [4.78, 5) is 11.8. The van der Waals surface area contributed by atoms with Gasteiger partial charge in [-0.1, -0.05) is 6.07 Å². The molecule has 4 nitrogen and oxygen atoms in total. The number of benzene rings is 1. The van der Waals surface area contributed by atoms with Gasteiger partial charge in [0.05, 0.1) is 0 Å². The SMILES string of the molecule is CC(Oc1cccc(F)c1)C(=O)NCC1CCCN1. The minimum absolute atomic E-state index is 0.182. The Morgan fingerprint density at radius 3 is 3.16 bits per heavy atom. The zero-order valence-corrected chi connectivity index (χ0v) is 11.0. The molecule has 1 aliphatic rings. The van der Waals surface area contributed by atoms with E-state index in [1.165, 1.54) is 12.1 Å². The average molecular weight is 266 g/mol. The molecule has 2 rings (SSSR count). The van der Waals surface area contributed by atoms with E-state index in [2.05, 4.69) is 10.6 Å². The van der Waals surface area contributed by atoms with Crippen molar-refractivity contribution in [1.82, 2.24) is 10.6 Å². The van der Waals surface area contributed by atoms with Crippen LogP contribution in [-0.4, -0.2) is 31.1 Å². The van der Waals surface area contributed by atoms with Crippen molar-refractivity contribution in [3.8, 4) is 5.75 Å². The Labute approximate surface area is 112 Å². The number of ether oxygens (including phenoxy) is 1. The molecule has 1 aromatic carbocycles. The first-order chi connectivity index (χ1) is 9.15. The highest BCUT2D eigenvalue weighted by atomic mass is 19.1. The lowest BCUT2D eigenvalue weighted by atomic mass is 10.2. The van der Waals surface area contributed by atoms with Gasteiger partial charge in [0.2, 0.25) is 0 Å². The minimum Gasteiger partial charge on any atom is -0.481 e. The van der Waals surface area contributed by atoms with Crippen LogP contribution in [-0.2, 0) is 4.79 Å². The maximum atomic E-state index is 13.0. The Bertz CT molecular complexity index is 433. The van der Waals surface area contributed by atoms with Crippen molar-refractivity contribution in [3.05, 3.63) is 30.1 Å². The fraction of sp³-hybridized carbons (Fsp3) is 0.500. The molecule has 0 spiro atoms. The summed E-state index contributed by atoms with van der Waals surface area (Å²) < 4.78 is 18.4. The second-order valence-electron chi connectivity index (χ2n) is 4.76. The Kier molecular flexibility index (Phi) is 4.74. The second-order valence-corrected chi connectivity index (χ2v) is 4.76. The summed E-state index contributed by atoms with van der Waals surface area (Å²) in [6.07, 6.45) is 1.60. The minimum atomic E-state index is -0.636. The molecule has 5 heteroatoms. The summed E-state index contributed by atoms with van der Waals surface area (Å²) >= 11 is 0. The van der Waals surface area contributed by atoms with E-state index in [0.717, 1.165) is 19.4 Å². The van der Waals surface area contributed by atoms with E-state index in [9.17, 15) is 9.18 Å². The van der Waals surface area contributed by atoms with Crippen LogP contribution in [0.2, 0.25) is 0 Å². The van der Waals surface area contributed by atoms with Crippen molar-refractivity contribution in [2.75, 3.05) is 13.1 Å². The van der Waals surface area contributed by atoms with E-state index in [4.69, 9.17) is 4.74 Å². The third kappa shape index (κ3) is 4.21. The van der Waals surface area contributed by atoms with Gasteiger partial charge in [-0.3, -0.25) is 4.79 Å². The summed E-state index contributed by atoms with van der Waals surface area (Å²) in [5, 5.41) is 6.14. The van der Waals surface area contributed by atoms with Crippen LogP contribution >= 0.6 is 0 Å². The maximum absolute atomic E-state index is 13.0. The molecule has 0 bridgehead atoms. The molecule has 19 heavy (non-hydrogen) atoms. The molecule has 2 N–H and O–H groups in total. The first-order valence-corrected chi connectivity index (χ1v) is 6.58. The number of carbonyl (C=O) groups excluding carboxylic acids is 1. The molecule has 0 saturated carbocycles. The molecule has 1 fully saturated rings. The Balaban J connectivity index is 1.78. The largest absolute Gasteiger partial charge is 0.481 e. The lowest BCUT2D eigenvalue weighted by molar-refractivity contribution is -0.127. The van der Waals surface area contributed by atoms with Crippen molar-refractivity contribution >= 4 is 5.91 Å². The standard InChI is InChI=1S/C14H19FN2O2/c1-10(19-13-6-2-4-11(15)8-13)14(18)17-9-12-5-3-7-16-12/h2,4,6,8,10,12,16H,3,5,7,9H2,1H3,(H,17,18). The Morgan fingerprint density at radius 1 is 1.63 bits per heavy atom. The van der Waals surface area contributed by atoms with E-state index < -0.39 is 6.10 Å². The van der Waals surface area contributed by atoms with Crippen molar-refractivity contribution < 1.29 is 13.9 Å². The van der Waals surface area contributed by atoms with Gasteiger partial charge in [0.15, 0.2) is 6.10 Å². The van der Waals surface area contributed by atoms with Crippen molar-refractivity contribution in [1.29, 1.82) is 0 Å². The van der Waals surface area contributed by atoms with Crippen LogP contribution in [0.1, 0.15) is 19.8 Å². The van der Waals surface area contributed by atoms with Crippen LogP contribution in [0.4, 0.5) is 4.39 Å². The molecule has 1 aliphatic heterocycles. The van der Waals surface area contributed by atoms with Crippen LogP contribution in [0.15, 0.2) is 24.3 Å². The smallest absolute Gasteiger partial charge is 0.260 e. The quantitative estimate of drug-likeness (QED) is 0.848. The summed E-state index contributed by atoms with van der Waals surface area (Å²) in [7, 11) is 0. The summed E-state index contributed by atoms with van der Waals surface area (Å²) in [5.41, 5.74) is 0. The highest BCUT2D eigenvalue weighted by Gasteiger charge is 2.18. The van der Waals surface area contributed by atoms with Gasteiger partial charge < -0.3 is 15.4 Å². The predicted molar refractivity (Wildman–Crippen MR) is 70.5 cm³/mol. The number of amides is 1. The van der Waals surface area contributed by atoms with Gasteiger partial charge in [-0.25, -0.2) is 4.39 Å². The maximum Gasteiger partial charge on any atom is 0.260 e. The van der Waals surface area contributed by atoms with Crippen molar-refractivity contribution in [2.24, 2.45) is 0 Å². The van der Waals surface area contributed by atoms with Gasteiger partial charge in [-0.15, -0.1) is 0 Å². The molecule has 1 aromatic rings. The third-order valence-electron chi connectivity index (χ3n) is 3.16. The average Bonchev–Trinajstić information content (AvgIpc) is 2.89. The van der Waals surface area contributed by atoms with E-state index in [0.29, 0.717) is 18.3 Å². The lowest BCUT2D eigenvalue weighted by Crippen LogP contribution is -2.42. The molecule has 0 aromatic heterocycles. The fourth-order valence-electron chi connectivity index (χ4n) is 2.10. The van der Waals surface area contributed by atoms with Crippen LogP contribution < -0.4 is 15.4 Å². The number of rotatable bonds is 5. The highest BCUT2D eigenvalue weighted by Crippen LogP contribution is 2.13. The van der Waals surface area contributed by atoms with Crippen LogP contribution in [0, 0.1) is 5.82 Å². The molecule has 104 valence electrons. The van der Waals surface area contributed by atoms with Crippen molar-refractivity contribution in [3.63, 3.8) is 0 Å². The molecule has 0 radical (unpaired) electrons. The summed E-state index contributed by atoms with van der Waals surface area (Å²) in [5.74, 6) is -0.195. The number of hydrogen-bond donors (Lipinski definition) is 2. The third-order valence-corrected chi connectivity index (χ3v) is 3.16. The molecule has 1 heterocycles. The van der Waals surface area contributed by atoms with Gasteiger partial charge >= 0.3 is 0 Å². The summed E-state index contributed by atoms with van der Waals surface area (Å²) in [6, 6.07) is 6.14. The van der Waals surface area contributed by atoms with Crippen LogP contribution in [0.3, 0.4) is 0 Å². The van der Waals surface area contributed by atoms with E-state index in [1.54, 1.807) is 19.1 Å². The van der Waals surface area contributed by atoms with Crippen molar-refractivity contribution in [2.45, 2.75) is 31.9 Å². The Hall–Kier alpha value is -1.62. The molecular formula is C14H19FN2O2. The van der Waals surface area contributed by atoms with Gasteiger partial charge in [-0.2, -0.15) is 0 Å². The number of halogens is 1. The molecule has 0 aliphatic carbocycles. The molecule has 2 atom stereocenters. The van der Waals surface area contributed by atoms with E-state index >= 15 is 0 Å².